The molecule has 1 saturated heterocycles. The van der Waals surface area contributed by atoms with Gasteiger partial charge >= 0.3 is 5.97 Å². The molecule has 1 aliphatic rings. The van der Waals surface area contributed by atoms with Crippen molar-refractivity contribution in [3.8, 4) is 11.3 Å². The van der Waals surface area contributed by atoms with E-state index in [1.165, 1.54) is 0 Å². The average molecular weight is 381 g/mol. The second-order valence-corrected chi connectivity index (χ2v) is 7.18. The van der Waals surface area contributed by atoms with Crippen LogP contribution in [-0.2, 0) is 4.79 Å². The van der Waals surface area contributed by atoms with Crippen molar-refractivity contribution in [1.82, 2.24) is 14.8 Å². The number of likely N-dealkylation sites (N-methyl/N-ethyl adjacent to an activating group) is 1. The van der Waals surface area contributed by atoms with Gasteiger partial charge in [0.25, 0.3) is 5.91 Å². The minimum Gasteiger partial charge on any atom is -0.480 e. The van der Waals surface area contributed by atoms with Crippen molar-refractivity contribution in [2.45, 2.75) is 32.7 Å². The minimum absolute atomic E-state index is 0.00402. The quantitative estimate of drug-likeness (QED) is 0.832. The Balaban J connectivity index is 1.66. The number of carbonyl (C=O) groups is 2. The van der Waals surface area contributed by atoms with Gasteiger partial charge in [-0.3, -0.25) is 19.5 Å². The van der Waals surface area contributed by atoms with E-state index in [2.05, 4.69) is 4.98 Å². The van der Waals surface area contributed by atoms with Gasteiger partial charge in [-0.05, 0) is 38.4 Å². The summed E-state index contributed by atoms with van der Waals surface area (Å²) >= 11 is 0. The molecule has 1 N–H and O–H groups in total. The molecule has 0 atom stereocenters. The number of benzene rings is 1. The van der Waals surface area contributed by atoms with Gasteiger partial charge in [-0.15, -0.1) is 0 Å². The van der Waals surface area contributed by atoms with Crippen LogP contribution in [0.3, 0.4) is 0 Å². The number of pyridine rings is 1. The number of hydrogen-bond donors (Lipinski definition) is 1. The normalized spacial score (nSPS) is 15.0. The van der Waals surface area contributed by atoms with Crippen molar-refractivity contribution in [3.63, 3.8) is 0 Å². The van der Waals surface area contributed by atoms with Gasteiger partial charge in [0.2, 0.25) is 0 Å². The van der Waals surface area contributed by atoms with Gasteiger partial charge in [-0.2, -0.15) is 0 Å². The van der Waals surface area contributed by atoms with E-state index in [0.29, 0.717) is 25.2 Å². The highest BCUT2D eigenvalue weighted by Gasteiger charge is 2.28. The van der Waals surface area contributed by atoms with Crippen LogP contribution >= 0.6 is 0 Å². The molecular formula is C22H27N3O3. The Kier molecular flexibility index (Phi) is 6.41. The predicted molar refractivity (Wildman–Crippen MR) is 108 cm³/mol. The van der Waals surface area contributed by atoms with Crippen molar-refractivity contribution in [2.75, 3.05) is 26.2 Å². The average Bonchev–Trinajstić information content (AvgIpc) is 2.72. The summed E-state index contributed by atoms with van der Waals surface area (Å²) in [5, 5.41) is 9.06. The van der Waals surface area contributed by atoms with E-state index in [1.807, 2.05) is 66.1 Å². The first kappa shape index (κ1) is 20.0. The number of carboxylic acids is 1. The maximum Gasteiger partial charge on any atom is 0.317 e. The minimum atomic E-state index is -0.805. The van der Waals surface area contributed by atoms with Crippen LogP contribution in [0.15, 0.2) is 42.5 Å². The van der Waals surface area contributed by atoms with E-state index in [-0.39, 0.29) is 18.5 Å². The van der Waals surface area contributed by atoms with Crippen molar-refractivity contribution in [2.24, 2.45) is 0 Å². The third kappa shape index (κ3) is 4.57. The van der Waals surface area contributed by atoms with Crippen LogP contribution in [0.1, 0.15) is 35.8 Å². The number of carboxylic acid groups (broad SMARTS) is 1. The molecule has 28 heavy (non-hydrogen) atoms. The SMILES string of the molecule is CCN(CC(=O)O)C1CCN(C(=O)c2ccc(-c3ccccc3)nc2C)CC1. The maximum atomic E-state index is 13.0. The van der Waals surface area contributed by atoms with E-state index in [0.717, 1.165) is 29.8 Å². The Bertz CT molecular complexity index is 830. The van der Waals surface area contributed by atoms with Gasteiger partial charge in [0.05, 0.1) is 23.5 Å². The lowest BCUT2D eigenvalue weighted by atomic mass is 10.0. The molecular weight excluding hydrogens is 354 g/mol. The molecule has 6 nitrogen and oxygen atoms in total. The largest absolute Gasteiger partial charge is 0.480 e. The molecule has 0 unspecified atom stereocenters. The molecule has 0 radical (unpaired) electrons. The molecule has 1 amide bonds. The molecule has 1 fully saturated rings. The number of amides is 1. The molecule has 0 aliphatic carbocycles. The fourth-order valence-electron chi connectivity index (χ4n) is 3.83. The zero-order valence-electron chi connectivity index (χ0n) is 16.5. The number of piperidine rings is 1. The first-order chi connectivity index (χ1) is 13.5. The van der Waals surface area contributed by atoms with Crippen LogP contribution in [0.5, 0.6) is 0 Å². The van der Waals surface area contributed by atoms with Crippen molar-refractivity contribution >= 4 is 11.9 Å². The highest BCUT2D eigenvalue weighted by atomic mass is 16.4. The lowest BCUT2D eigenvalue weighted by Gasteiger charge is -2.37. The number of aromatic nitrogens is 1. The third-order valence-corrected chi connectivity index (χ3v) is 5.40. The van der Waals surface area contributed by atoms with Gasteiger partial charge in [-0.25, -0.2) is 0 Å². The van der Waals surface area contributed by atoms with E-state index in [4.69, 9.17) is 5.11 Å². The Labute approximate surface area is 165 Å². The van der Waals surface area contributed by atoms with Gasteiger partial charge in [0, 0.05) is 24.7 Å². The molecule has 0 saturated carbocycles. The number of aryl methyl sites for hydroxylation is 1. The highest BCUT2D eigenvalue weighted by molar-refractivity contribution is 5.95. The third-order valence-electron chi connectivity index (χ3n) is 5.40. The maximum absolute atomic E-state index is 13.0. The fraction of sp³-hybridized carbons (Fsp3) is 0.409. The van der Waals surface area contributed by atoms with Crippen molar-refractivity contribution in [1.29, 1.82) is 0 Å². The Morgan fingerprint density at radius 2 is 1.82 bits per heavy atom. The summed E-state index contributed by atoms with van der Waals surface area (Å²) in [6.45, 7) is 5.88. The summed E-state index contributed by atoms with van der Waals surface area (Å²) in [7, 11) is 0. The first-order valence-corrected chi connectivity index (χ1v) is 9.77. The van der Waals surface area contributed by atoms with E-state index in [1.54, 1.807) is 0 Å². The second kappa shape index (κ2) is 8.97. The summed E-state index contributed by atoms with van der Waals surface area (Å²) < 4.78 is 0. The second-order valence-electron chi connectivity index (χ2n) is 7.18. The number of rotatable bonds is 6. The number of carbonyl (C=O) groups excluding carboxylic acids is 1. The van der Waals surface area contributed by atoms with E-state index >= 15 is 0 Å². The Morgan fingerprint density at radius 1 is 1.14 bits per heavy atom. The van der Waals surface area contributed by atoms with Crippen LogP contribution in [-0.4, -0.2) is 64.0 Å². The van der Waals surface area contributed by atoms with Crippen LogP contribution < -0.4 is 0 Å². The van der Waals surface area contributed by atoms with Crippen LogP contribution in [0.4, 0.5) is 0 Å². The molecule has 6 heteroatoms. The van der Waals surface area contributed by atoms with Gasteiger partial charge in [0.1, 0.15) is 0 Å². The molecule has 3 rings (SSSR count). The molecule has 0 bridgehead atoms. The number of nitrogens with zero attached hydrogens (tertiary/aromatic N) is 3. The van der Waals surface area contributed by atoms with Gasteiger partial charge in [0.15, 0.2) is 0 Å². The van der Waals surface area contributed by atoms with Crippen molar-refractivity contribution in [3.05, 3.63) is 53.7 Å². The lowest BCUT2D eigenvalue weighted by molar-refractivity contribution is -0.139. The summed E-state index contributed by atoms with van der Waals surface area (Å²) in [4.78, 5) is 32.5. The number of hydrogen-bond acceptors (Lipinski definition) is 4. The number of likely N-dealkylation sites (tertiary alicyclic amines) is 1. The standard InChI is InChI=1S/C22H27N3O3/c1-3-24(15-21(26)27)18-11-13-25(14-12-18)22(28)19-9-10-20(23-16(19)2)17-7-5-4-6-8-17/h4-10,18H,3,11-15H2,1-2H3,(H,26,27). The molecule has 2 aromatic rings. The van der Waals surface area contributed by atoms with E-state index < -0.39 is 5.97 Å². The van der Waals surface area contributed by atoms with Crippen molar-refractivity contribution < 1.29 is 14.7 Å². The molecule has 0 spiro atoms. The van der Waals surface area contributed by atoms with Gasteiger partial charge < -0.3 is 10.0 Å². The molecule has 1 aromatic carbocycles. The smallest absolute Gasteiger partial charge is 0.317 e. The van der Waals surface area contributed by atoms with Crippen LogP contribution in [0, 0.1) is 6.92 Å². The first-order valence-electron chi connectivity index (χ1n) is 9.77. The predicted octanol–water partition coefficient (Wildman–Crippen LogP) is 3.07. The zero-order valence-corrected chi connectivity index (χ0v) is 16.5. The summed E-state index contributed by atoms with van der Waals surface area (Å²) in [6, 6.07) is 13.9. The fourth-order valence-corrected chi connectivity index (χ4v) is 3.83. The summed E-state index contributed by atoms with van der Waals surface area (Å²) in [5.41, 5.74) is 3.26. The van der Waals surface area contributed by atoms with E-state index in [9.17, 15) is 9.59 Å². The topological polar surface area (TPSA) is 73.7 Å². The number of aliphatic carboxylic acids is 1. The lowest BCUT2D eigenvalue weighted by Crippen LogP contribution is -2.48. The van der Waals surface area contributed by atoms with Crippen LogP contribution in [0.2, 0.25) is 0 Å². The zero-order chi connectivity index (χ0) is 20.1. The summed E-state index contributed by atoms with van der Waals surface area (Å²) in [6.07, 6.45) is 1.59. The summed E-state index contributed by atoms with van der Waals surface area (Å²) in [5.74, 6) is -0.801. The Hall–Kier alpha value is -2.73. The molecule has 1 aromatic heterocycles. The molecule has 2 heterocycles. The molecule has 1 aliphatic heterocycles. The monoisotopic (exact) mass is 381 g/mol. The van der Waals surface area contributed by atoms with Gasteiger partial charge in [-0.1, -0.05) is 37.3 Å². The molecule has 148 valence electrons. The van der Waals surface area contributed by atoms with Crippen LogP contribution in [0.25, 0.3) is 11.3 Å². The Morgan fingerprint density at radius 3 is 2.39 bits per heavy atom. The highest BCUT2D eigenvalue weighted by Crippen LogP contribution is 2.22.